The summed E-state index contributed by atoms with van der Waals surface area (Å²) in [4.78, 5) is 11.8. The Morgan fingerprint density at radius 1 is 1.09 bits per heavy atom. The molecule has 0 saturated heterocycles. The monoisotopic (exact) mass is 300 g/mol. The number of urea groups is 1. The van der Waals surface area contributed by atoms with Gasteiger partial charge in [-0.1, -0.05) is 29.8 Å². The number of methoxy groups -OCH3 is 1. The number of carbonyl (C=O) groups is 1. The van der Waals surface area contributed by atoms with Crippen LogP contribution in [0.1, 0.15) is 5.56 Å². The summed E-state index contributed by atoms with van der Waals surface area (Å²) >= 11 is 0. The van der Waals surface area contributed by atoms with E-state index in [1.54, 1.807) is 19.2 Å². The first kappa shape index (κ1) is 15.7. The first-order valence-corrected chi connectivity index (χ1v) is 7.06. The molecule has 0 aliphatic heterocycles. The quantitative estimate of drug-likeness (QED) is 0.805. The van der Waals surface area contributed by atoms with E-state index >= 15 is 0 Å². The van der Waals surface area contributed by atoms with Gasteiger partial charge in [0.15, 0.2) is 0 Å². The van der Waals surface area contributed by atoms with Crippen LogP contribution in [-0.2, 0) is 0 Å². The lowest BCUT2D eigenvalue weighted by molar-refractivity contribution is 0.247. The van der Waals surface area contributed by atoms with E-state index in [0.717, 1.165) is 5.75 Å². The largest absolute Gasteiger partial charge is 0.495 e. The average Bonchev–Trinajstić information content (AvgIpc) is 2.54. The molecule has 0 fully saturated rings. The van der Waals surface area contributed by atoms with Crippen LogP contribution in [0.15, 0.2) is 48.5 Å². The van der Waals surface area contributed by atoms with Crippen molar-refractivity contribution < 1.29 is 14.3 Å². The minimum absolute atomic E-state index is 0.294. The van der Waals surface area contributed by atoms with Crippen molar-refractivity contribution in [1.82, 2.24) is 5.32 Å². The lowest BCUT2D eigenvalue weighted by Gasteiger charge is -2.11. The number of hydrogen-bond donors (Lipinski definition) is 2. The summed E-state index contributed by atoms with van der Waals surface area (Å²) in [5.74, 6) is 1.41. The van der Waals surface area contributed by atoms with E-state index in [0.29, 0.717) is 24.6 Å². The van der Waals surface area contributed by atoms with Crippen LogP contribution in [0.3, 0.4) is 0 Å². The number of hydrogen-bond acceptors (Lipinski definition) is 3. The average molecular weight is 300 g/mol. The second-order valence-electron chi connectivity index (χ2n) is 4.74. The number of carbonyl (C=O) groups excluding carboxylic acids is 1. The minimum atomic E-state index is -0.294. The summed E-state index contributed by atoms with van der Waals surface area (Å²) in [5, 5.41) is 5.47. The Bertz CT molecular complexity index is 612. The Hall–Kier alpha value is -2.69. The molecule has 0 unspecified atom stereocenters. The Labute approximate surface area is 130 Å². The molecule has 2 aromatic carbocycles. The molecule has 22 heavy (non-hydrogen) atoms. The smallest absolute Gasteiger partial charge is 0.319 e. The highest BCUT2D eigenvalue weighted by Gasteiger charge is 2.05. The molecule has 0 saturated carbocycles. The Morgan fingerprint density at radius 2 is 1.82 bits per heavy atom. The maximum absolute atomic E-state index is 11.8. The van der Waals surface area contributed by atoms with Crippen LogP contribution in [-0.4, -0.2) is 26.3 Å². The van der Waals surface area contributed by atoms with E-state index in [-0.39, 0.29) is 6.03 Å². The molecule has 0 radical (unpaired) electrons. The maximum atomic E-state index is 11.8. The summed E-state index contributed by atoms with van der Waals surface area (Å²) in [6.45, 7) is 2.84. The van der Waals surface area contributed by atoms with Gasteiger partial charge in [-0.25, -0.2) is 4.79 Å². The number of amides is 2. The summed E-state index contributed by atoms with van der Waals surface area (Å²) in [5.41, 5.74) is 1.81. The van der Waals surface area contributed by atoms with E-state index in [4.69, 9.17) is 9.47 Å². The SMILES string of the molecule is COc1ccccc1NC(=O)NCCOc1ccc(C)cc1. The van der Waals surface area contributed by atoms with Crippen LogP contribution < -0.4 is 20.1 Å². The van der Waals surface area contributed by atoms with Gasteiger partial charge in [0.1, 0.15) is 18.1 Å². The molecule has 0 spiro atoms. The van der Waals surface area contributed by atoms with Crippen molar-refractivity contribution >= 4 is 11.7 Å². The third kappa shape index (κ3) is 4.70. The van der Waals surface area contributed by atoms with Gasteiger partial charge in [-0.05, 0) is 31.2 Å². The summed E-state index contributed by atoms with van der Waals surface area (Å²) in [6.07, 6.45) is 0. The fourth-order valence-corrected chi connectivity index (χ4v) is 1.88. The van der Waals surface area contributed by atoms with Crippen molar-refractivity contribution in [2.75, 3.05) is 25.6 Å². The molecule has 5 nitrogen and oxygen atoms in total. The van der Waals surface area contributed by atoms with E-state index in [1.807, 2.05) is 43.3 Å². The molecule has 0 atom stereocenters. The predicted octanol–water partition coefficient (Wildman–Crippen LogP) is 3.20. The van der Waals surface area contributed by atoms with E-state index in [9.17, 15) is 4.79 Å². The highest BCUT2D eigenvalue weighted by Crippen LogP contribution is 2.22. The van der Waals surface area contributed by atoms with Crippen molar-refractivity contribution in [3.8, 4) is 11.5 Å². The number of para-hydroxylation sites is 2. The second-order valence-corrected chi connectivity index (χ2v) is 4.74. The highest BCUT2D eigenvalue weighted by molar-refractivity contribution is 5.90. The lowest BCUT2D eigenvalue weighted by atomic mass is 10.2. The third-order valence-corrected chi connectivity index (χ3v) is 3.03. The van der Waals surface area contributed by atoms with Gasteiger partial charge >= 0.3 is 6.03 Å². The molecule has 0 bridgehead atoms. The summed E-state index contributed by atoms with van der Waals surface area (Å²) < 4.78 is 10.7. The maximum Gasteiger partial charge on any atom is 0.319 e. The fourth-order valence-electron chi connectivity index (χ4n) is 1.88. The number of aryl methyl sites for hydroxylation is 1. The first-order chi connectivity index (χ1) is 10.7. The fraction of sp³-hybridized carbons (Fsp3) is 0.235. The zero-order chi connectivity index (χ0) is 15.8. The van der Waals surface area contributed by atoms with Gasteiger partial charge in [0, 0.05) is 0 Å². The molecule has 0 aliphatic rings. The number of ether oxygens (including phenoxy) is 2. The van der Waals surface area contributed by atoms with Gasteiger partial charge in [-0.3, -0.25) is 0 Å². The second kappa shape index (κ2) is 7.93. The van der Waals surface area contributed by atoms with Crippen molar-refractivity contribution in [1.29, 1.82) is 0 Å². The Morgan fingerprint density at radius 3 is 2.55 bits per heavy atom. The van der Waals surface area contributed by atoms with Crippen LogP contribution in [0.5, 0.6) is 11.5 Å². The molecule has 2 N–H and O–H groups in total. The standard InChI is InChI=1S/C17H20N2O3/c1-13-7-9-14(10-8-13)22-12-11-18-17(20)19-15-5-3-4-6-16(15)21-2/h3-10H,11-12H2,1-2H3,(H2,18,19,20). The van der Waals surface area contributed by atoms with Crippen LogP contribution in [0.2, 0.25) is 0 Å². The predicted molar refractivity (Wildman–Crippen MR) is 86.7 cm³/mol. The molecule has 0 heterocycles. The summed E-state index contributed by atoms with van der Waals surface area (Å²) in [6, 6.07) is 14.7. The molecular formula is C17H20N2O3. The molecule has 2 aromatic rings. The number of anilines is 1. The van der Waals surface area contributed by atoms with Crippen LogP contribution in [0, 0.1) is 6.92 Å². The van der Waals surface area contributed by atoms with Gasteiger partial charge in [0.2, 0.25) is 0 Å². The number of rotatable bonds is 6. The van der Waals surface area contributed by atoms with Gasteiger partial charge in [0.05, 0.1) is 19.3 Å². The molecule has 2 amide bonds. The van der Waals surface area contributed by atoms with E-state index < -0.39 is 0 Å². The normalized spacial score (nSPS) is 9.91. The van der Waals surface area contributed by atoms with Crippen LogP contribution in [0.25, 0.3) is 0 Å². The third-order valence-electron chi connectivity index (χ3n) is 3.03. The molecule has 0 aromatic heterocycles. The topological polar surface area (TPSA) is 59.6 Å². The summed E-state index contributed by atoms with van der Waals surface area (Å²) in [7, 11) is 1.56. The van der Waals surface area contributed by atoms with Gasteiger partial charge in [-0.15, -0.1) is 0 Å². The van der Waals surface area contributed by atoms with Gasteiger partial charge in [0.25, 0.3) is 0 Å². The van der Waals surface area contributed by atoms with Crippen molar-refractivity contribution in [2.24, 2.45) is 0 Å². The van der Waals surface area contributed by atoms with Crippen molar-refractivity contribution in [3.63, 3.8) is 0 Å². The molecular weight excluding hydrogens is 280 g/mol. The van der Waals surface area contributed by atoms with E-state index in [2.05, 4.69) is 10.6 Å². The molecule has 2 rings (SSSR count). The zero-order valence-electron chi connectivity index (χ0n) is 12.8. The van der Waals surface area contributed by atoms with E-state index in [1.165, 1.54) is 5.56 Å². The molecule has 116 valence electrons. The van der Waals surface area contributed by atoms with Crippen LogP contribution in [0.4, 0.5) is 10.5 Å². The molecule has 0 aliphatic carbocycles. The van der Waals surface area contributed by atoms with Gasteiger partial charge < -0.3 is 20.1 Å². The highest BCUT2D eigenvalue weighted by atomic mass is 16.5. The molecule has 5 heteroatoms. The first-order valence-electron chi connectivity index (χ1n) is 7.06. The van der Waals surface area contributed by atoms with Crippen molar-refractivity contribution in [3.05, 3.63) is 54.1 Å². The number of benzene rings is 2. The zero-order valence-corrected chi connectivity index (χ0v) is 12.8. The van der Waals surface area contributed by atoms with Crippen molar-refractivity contribution in [2.45, 2.75) is 6.92 Å². The minimum Gasteiger partial charge on any atom is -0.495 e. The number of nitrogens with one attached hydrogen (secondary N) is 2. The Kier molecular flexibility index (Phi) is 5.65. The van der Waals surface area contributed by atoms with Gasteiger partial charge in [-0.2, -0.15) is 0 Å². The Balaban J connectivity index is 1.72. The van der Waals surface area contributed by atoms with Crippen LogP contribution >= 0.6 is 0 Å². The lowest BCUT2D eigenvalue weighted by Crippen LogP contribution is -2.32.